The Balaban J connectivity index is 2.31. The molecular weight excluding hydrogens is 250 g/mol. The van der Waals surface area contributed by atoms with Gasteiger partial charge in [-0.15, -0.1) is 5.10 Å². The molecule has 2 rings (SSSR count). The zero-order valence-electron chi connectivity index (χ0n) is 13.0. The van der Waals surface area contributed by atoms with Crippen LogP contribution in [-0.4, -0.2) is 29.1 Å². The second kappa shape index (κ2) is 5.38. The van der Waals surface area contributed by atoms with Gasteiger partial charge in [0.1, 0.15) is 5.84 Å². The van der Waals surface area contributed by atoms with Crippen LogP contribution in [0.5, 0.6) is 0 Å². The molecule has 5 nitrogen and oxygen atoms in total. The summed E-state index contributed by atoms with van der Waals surface area (Å²) in [5.74, 6) is 0.859. The molecule has 110 valence electrons. The molecule has 0 atom stereocenters. The van der Waals surface area contributed by atoms with Gasteiger partial charge in [-0.1, -0.05) is 20.3 Å². The van der Waals surface area contributed by atoms with Gasteiger partial charge < -0.3 is 10.6 Å². The van der Waals surface area contributed by atoms with E-state index in [0.29, 0.717) is 5.41 Å². The zero-order valence-corrected chi connectivity index (χ0v) is 13.0. The number of aromatic nitrogens is 2. The summed E-state index contributed by atoms with van der Waals surface area (Å²) >= 11 is 0. The average molecular weight is 275 g/mol. The Kier molecular flexibility index (Phi) is 3.97. The van der Waals surface area contributed by atoms with Crippen molar-refractivity contribution in [2.75, 3.05) is 18.0 Å². The molecule has 20 heavy (non-hydrogen) atoms. The van der Waals surface area contributed by atoms with Gasteiger partial charge in [-0.3, -0.25) is 5.41 Å². The molecule has 1 aliphatic rings. The number of aryl methyl sites for hydroxylation is 1. The van der Waals surface area contributed by atoms with E-state index in [-0.39, 0.29) is 5.84 Å². The topological polar surface area (TPSA) is 78.9 Å². The van der Waals surface area contributed by atoms with Crippen molar-refractivity contribution < 1.29 is 0 Å². The van der Waals surface area contributed by atoms with E-state index in [2.05, 4.69) is 28.9 Å². The van der Waals surface area contributed by atoms with Gasteiger partial charge >= 0.3 is 0 Å². The maximum Gasteiger partial charge on any atom is 0.162 e. The molecule has 0 radical (unpaired) electrons. The Morgan fingerprint density at radius 3 is 2.40 bits per heavy atom. The highest BCUT2D eigenvalue weighted by Gasteiger charge is 2.30. The van der Waals surface area contributed by atoms with Crippen LogP contribution in [0.3, 0.4) is 0 Å². The van der Waals surface area contributed by atoms with Crippen molar-refractivity contribution in [3.8, 4) is 0 Å². The normalized spacial score (nSPS) is 18.1. The molecular formula is C15H25N5. The number of piperidine rings is 1. The molecule has 1 aromatic heterocycles. The van der Waals surface area contributed by atoms with Crippen LogP contribution in [0.1, 0.15) is 49.9 Å². The second-order valence-electron chi connectivity index (χ2n) is 6.17. The summed E-state index contributed by atoms with van der Waals surface area (Å²) < 4.78 is 0. The van der Waals surface area contributed by atoms with Gasteiger partial charge in [0.15, 0.2) is 5.82 Å². The lowest BCUT2D eigenvalue weighted by molar-refractivity contribution is 0.237. The number of nitrogens with zero attached hydrogens (tertiary/aromatic N) is 3. The molecule has 0 aliphatic carbocycles. The Labute approximate surface area is 121 Å². The molecule has 0 amide bonds. The highest BCUT2D eigenvalue weighted by molar-refractivity contribution is 6.01. The third-order valence-corrected chi connectivity index (χ3v) is 4.83. The van der Waals surface area contributed by atoms with Crippen molar-refractivity contribution in [3.63, 3.8) is 0 Å². The lowest BCUT2D eigenvalue weighted by Gasteiger charge is -2.39. The van der Waals surface area contributed by atoms with E-state index in [1.165, 1.54) is 6.42 Å². The highest BCUT2D eigenvalue weighted by Crippen LogP contribution is 2.36. The molecule has 3 N–H and O–H groups in total. The minimum absolute atomic E-state index is 0.0827. The Hall–Kier alpha value is -1.65. The molecule has 1 saturated heterocycles. The summed E-state index contributed by atoms with van der Waals surface area (Å²) in [5.41, 5.74) is 8.74. The highest BCUT2D eigenvalue weighted by atomic mass is 15.3. The van der Waals surface area contributed by atoms with Crippen molar-refractivity contribution in [2.24, 2.45) is 11.1 Å². The number of nitrogens with two attached hydrogens (primary N) is 1. The number of amidine groups is 1. The molecule has 1 aliphatic heterocycles. The lowest BCUT2D eigenvalue weighted by Crippen LogP contribution is -2.40. The molecule has 5 heteroatoms. The summed E-state index contributed by atoms with van der Waals surface area (Å²) in [7, 11) is 0. The van der Waals surface area contributed by atoms with E-state index in [0.717, 1.165) is 48.6 Å². The zero-order chi connectivity index (χ0) is 14.9. The van der Waals surface area contributed by atoms with Crippen LogP contribution in [0.4, 0.5) is 5.82 Å². The van der Waals surface area contributed by atoms with Crippen LogP contribution in [-0.2, 0) is 0 Å². The number of rotatable bonds is 3. The van der Waals surface area contributed by atoms with Crippen LogP contribution in [0.15, 0.2) is 0 Å². The fourth-order valence-corrected chi connectivity index (χ4v) is 2.75. The molecule has 1 aromatic rings. The van der Waals surface area contributed by atoms with Crippen LogP contribution < -0.4 is 10.6 Å². The molecule has 0 aromatic carbocycles. The van der Waals surface area contributed by atoms with E-state index >= 15 is 0 Å². The van der Waals surface area contributed by atoms with E-state index in [1.54, 1.807) is 0 Å². The van der Waals surface area contributed by atoms with Gasteiger partial charge in [0.25, 0.3) is 0 Å². The van der Waals surface area contributed by atoms with E-state index in [1.807, 2.05) is 13.8 Å². The number of anilines is 1. The minimum Gasteiger partial charge on any atom is -0.384 e. The quantitative estimate of drug-likeness (QED) is 0.656. The van der Waals surface area contributed by atoms with Crippen LogP contribution in [0.25, 0.3) is 0 Å². The Morgan fingerprint density at radius 1 is 1.30 bits per heavy atom. The molecule has 0 unspecified atom stereocenters. The predicted molar refractivity (Wildman–Crippen MR) is 82.4 cm³/mol. The van der Waals surface area contributed by atoms with Gasteiger partial charge in [-0.2, -0.15) is 5.10 Å². The first-order valence-corrected chi connectivity index (χ1v) is 7.31. The predicted octanol–water partition coefficient (Wildman–Crippen LogP) is 2.39. The first kappa shape index (κ1) is 14.8. The van der Waals surface area contributed by atoms with Gasteiger partial charge in [0.2, 0.25) is 0 Å². The minimum atomic E-state index is 0.0827. The molecule has 0 bridgehead atoms. The summed E-state index contributed by atoms with van der Waals surface area (Å²) in [6.45, 7) is 10.4. The summed E-state index contributed by atoms with van der Waals surface area (Å²) in [6.07, 6.45) is 3.50. The van der Waals surface area contributed by atoms with Crippen LogP contribution >= 0.6 is 0 Å². The Morgan fingerprint density at radius 2 is 1.90 bits per heavy atom. The van der Waals surface area contributed by atoms with Gasteiger partial charge in [0.05, 0.1) is 11.3 Å². The van der Waals surface area contributed by atoms with E-state index in [4.69, 9.17) is 11.1 Å². The third-order valence-electron chi connectivity index (χ3n) is 4.83. The maximum atomic E-state index is 7.83. The van der Waals surface area contributed by atoms with Crippen LogP contribution in [0.2, 0.25) is 0 Å². The summed E-state index contributed by atoms with van der Waals surface area (Å²) in [5, 5.41) is 16.4. The molecule has 0 saturated carbocycles. The fourth-order valence-electron chi connectivity index (χ4n) is 2.75. The third kappa shape index (κ3) is 2.62. The van der Waals surface area contributed by atoms with Crippen molar-refractivity contribution >= 4 is 11.7 Å². The number of nitrogen functional groups attached to an aromatic ring is 1. The number of hydrogen-bond acceptors (Lipinski definition) is 4. The smallest absolute Gasteiger partial charge is 0.162 e. The first-order valence-electron chi connectivity index (χ1n) is 7.31. The van der Waals surface area contributed by atoms with Crippen molar-refractivity contribution in [1.82, 2.24) is 10.2 Å². The largest absolute Gasteiger partial charge is 0.384 e. The molecule has 0 spiro atoms. The maximum absolute atomic E-state index is 7.83. The van der Waals surface area contributed by atoms with Gasteiger partial charge in [-0.25, -0.2) is 0 Å². The Bertz CT molecular complexity index is 515. The standard InChI is InChI=1S/C15H25N5/c1-5-15(4)6-8-20(9-7-15)14-12(13(16)17)10(2)11(3)18-19-14/h5-9H2,1-4H3,(H3,16,17). The second-order valence-corrected chi connectivity index (χ2v) is 6.17. The number of hydrogen-bond donors (Lipinski definition) is 2. The summed E-state index contributed by atoms with van der Waals surface area (Å²) in [4.78, 5) is 2.23. The molecule has 1 fully saturated rings. The van der Waals surface area contributed by atoms with Gasteiger partial charge in [-0.05, 0) is 37.7 Å². The van der Waals surface area contributed by atoms with Crippen molar-refractivity contribution in [2.45, 2.75) is 47.0 Å². The van der Waals surface area contributed by atoms with E-state index < -0.39 is 0 Å². The lowest BCUT2D eigenvalue weighted by atomic mass is 9.78. The fraction of sp³-hybridized carbons (Fsp3) is 0.667. The van der Waals surface area contributed by atoms with Crippen molar-refractivity contribution in [3.05, 3.63) is 16.8 Å². The summed E-state index contributed by atoms with van der Waals surface area (Å²) in [6, 6.07) is 0. The SMILES string of the molecule is CCC1(C)CCN(c2nnc(C)c(C)c2C(=N)N)CC1. The first-order chi connectivity index (χ1) is 9.38. The van der Waals surface area contributed by atoms with Gasteiger partial charge in [0, 0.05) is 13.1 Å². The average Bonchev–Trinajstić information content (AvgIpc) is 2.42. The number of nitrogens with one attached hydrogen (secondary N) is 1. The monoisotopic (exact) mass is 275 g/mol. The van der Waals surface area contributed by atoms with Crippen LogP contribution in [0, 0.1) is 24.7 Å². The van der Waals surface area contributed by atoms with Crippen molar-refractivity contribution in [1.29, 1.82) is 5.41 Å². The molecule has 2 heterocycles. The van der Waals surface area contributed by atoms with E-state index in [9.17, 15) is 0 Å².